The van der Waals surface area contributed by atoms with Gasteiger partial charge in [-0.05, 0) is 27.7 Å². The predicted molar refractivity (Wildman–Crippen MR) is 64.7 cm³/mol. The molecular formula is C11H18N2O2S. The van der Waals surface area contributed by atoms with Crippen molar-refractivity contribution < 1.29 is 9.90 Å². The summed E-state index contributed by atoms with van der Waals surface area (Å²) >= 11 is 1.38. The maximum Gasteiger partial charge on any atom is 0.265 e. The molecule has 0 fully saturated rings. The normalized spacial score (nSPS) is 11.6. The number of rotatable bonds is 4. The Morgan fingerprint density at radius 3 is 2.62 bits per heavy atom. The molecule has 1 rings (SSSR count). The number of likely N-dealkylation sites (N-methyl/N-ethyl adjacent to an activating group) is 1. The summed E-state index contributed by atoms with van der Waals surface area (Å²) in [7, 11) is 0. The highest BCUT2D eigenvalue weighted by molar-refractivity contribution is 7.13. The molecule has 0 aliphatic carbocycles. The van der Waals surface area contributed by atoms with Gasteiger partial charge in [-0.1, -0.05) is 0 Å². The summed E-state index contributed by atoms with van der Waals surface area (Å²) in [6.45, 7) is 8.08. The summed E-state index contributed by atoms with van der Waals surface area (Å²) in [5.74, 6) is -0.0600. The Bertz CT molecular complexity index is 368. The van der Waals surface area contributed by atoms with E-state index in [9.17, 15) is 9.90 Å². The Kier molecular flexibility index (Phi) is 4.04. The number of nitrogens with zero attached hydrogens (tertiary/aromatic N) is 2. The molecule has 0 atom stereocenters. The number of amides is 1. The zero-order chi connectivity index (χ0) is 12.3. The van der Waals surface area contributed by atoms with E-state index in [1.165, 1.54) is 11.3 Å². The van der Waals surface area contributed by atoms with Crippen molar-refractivity contribution in [3.8, 4) is 0 Å². The quantitative estimate of drug-likeness (QED) is 0.874. The van der Waals surface area contributed by atoms with Gasteiger partial charge >= 0.3 is 0 Å². The Hall–Kier alpha value is -0.940. The van der Waals surface area contributed by atoms with Gasteiger partial charge in [0.2, 0.25) is 0 Å². The molecule has 5 heteroatoms. The monoisotopic (exact) mass is 242 g/mol. The molecule has 90 valence electrons. The zero-order valence-corrected chi connectivity index (χ0v) is 11.0. The lowest BCUT2D eigenvalue weighted by atomic mass is 10.1. The van der Waals surface area contributed by atoms with Crippen LogP contribution in [0, 0.1) is 6.92 Å². The van der Waals surface area contributed by atoms with E-state index in [0.717, 1.165) is 5.01 Å². The number of hydrogen-bond donors (Lipinski definition) is 1. The molecule has 16 heavy (non-hydrogen) atoms. The van der Waals surface area contributed by atoms with E-state index in [-0.39, 0.29) is 5.91 Å². The highest BCUT2D eigenvalue weighted by Gasteiger charge is 2.23. The molecule has 0 bridgehead atoms. The molecule has 0 saturated heterocycles. The third-order valence-corrected chi connectivity index (χ3v) is 2.98. The van der Waals surface area contributed by atoms with E-state index in [4.69, 9.17) is 0 Å². The van der Waals surface area contributed by atoms with E-state index in [2.05, 4.69) is 4.98 Å². The zero-order valence-electron chi connectivity index (χ0n) is 10.1. The first kappa shape index (κ1) is 13.1. The highest BCUT2D eigenvalue weighted by atomic mass is 32.1. The summed E-state index contributed by atoms with van der Waals surface area (Å²) in [6, 6.07) is 0. The maximum absolute atomic E-state index is 12.1. The van der Waals surface area contributed by atoms with Crippen molar-refractivity contribution >= 4 is 17.2 Å². The Morgan fingerprint density at radius 1 is 1.62 bits per heavy atom. The maximum atomic E-state index is 12.1. The summed E-state index contributed by atoms with van der Waals surface area (Å²) in [6.07, 6.45) is 1.59. The standard InChI is InChI=1S/C11H18N2O2S/c1-5-13(7-11(3,4)15)10(14)9-6-12-8(2)16-9/h6,15H,5,7H2,1-4H3. The Morgan fingerprint density at radius 2 is 2.25 bits per heavy atom. The minimum absolute atomic E-state index is 0.0600. The predicted octanol–water partition coefficient (Wildman–Crippen LogP) is 1.68. The number of carbonyl (C=O) groups is 1. The summed E-state index contributed by atoms with van der Waals surface area (Å²) in [5, 5.41) is 10.6. The highest BCUT2D eigenvalue weighted by Crippen LogP contribution is 2.15. The molecular weight excluding hydrogens is 224 g/mol. The van der Waals surface area contributed by atoms with E-state index in [1.807, 2.05) is 13.8 Å². The van der Waals surface area contributed by atoms with Crippen LogP contribution in [0.5, 0.6) is 0 Å². The second kappa shape index (κ2) is 4.93. The number of thiazole rings is 1. The number of aromatic nitrogens is 1. The fourth-order valence-corrected chi connectivity index (χ4v) is 2.16. The first-order valence-electron chi connectivity index (χ1n) is 5.27. The smallest absolute Gasteiger partial charge is 0.265 e. The molecule has 1 amide bonds. The molecule has 1 aromatic rings. The van der Waals surface area contributed by atoms with Crippen LogP contribution in [0.25, 0.3) is 0 Å². The molecule has 0 spiro atoms. The Labute approximate surface area is 99.9 Å². The lowest BCUT2D eigenvalue weighted by Crippen LogP contribution is -2.41. The number of carbonyl (C=O) groups excluding carboxylic acids is 1. The van der Waals surface area contributed by atoms with Crippen LogP contribution in [0.1, 0.15) is 35.5 Å². The van der Waals surface area contributed by atoms with Crippen LogP contribution in [0.4, 0.5) is 0 Å². The second-order valence-corrected chi connectivity index (χ2v) is 5.61. The van der Waals surface area contributed by atoms with Crippen molar-refractivity contribution in [3.05, 3.63) is 16.1 Å². The van der Waals surface area contributed by atoms with Crippen LogP contribution in [0.3, 0.4) is 0 Å². The van der Waals surface area contributed by atoms with Crippen molar-refractivity contribution in [1.82, 2.24) is 9.88 Å². The van der Waals surface area contributed by atoms with Gasteiger partial charge in [-0.3, -0.25) is 4.79 Å². The van der Waals surface area contributed by atoms with Gasteiger partial charge in [0.1, 0.15) is 4.88 Å². The van der Waals surface area contributed by atoms with Gasteiger partial charge in [-0.25, -0.2) is 4.98 Å². The number of aliphatic hydroxyl groups is 1. The second-order valence-electron chi connectivity index (χ2n) is 4.38. The van der Waals surface area contributed by atoms with Gasteiger partial charge < -0.3 is 10.0 Å². The third kappa shape index (κ3) is 3.57. The van der Waals surface area contributed by atoms with Crippen molar-refractivity contribution in [3.63, 3.8) is 0 Å². The lowest BCUT2D eigenvalue weighted by Gasteiger charge is -2.27. The molecule has 1 heterocycles. The van der Waals surface area contributed by atoms with Crippen LogP contribution >= 0.6 is 11.3 Å². The average Bonchev–Trinajstić information content (AvgIpc) is 2.58. The molecule has 0 aromatic carbocycles. The largest absolute Gasteiger partial charge is 0.389 e. The van der Waals surface area contributed by atoms with E-state index < -0.39 is 5.60 Å². The first-order chi connectivity index (χ1) is 7.33. The van der Waals surface area contributed by atoms with Gasteiger partial charge in [0, 0.05) is 13.1 Å². The van der Waals surface area contributed by atoms with Gasteiger partial charge in [0.25, 0.3) is 5.91 Å². The molecule has 1 N–H and O–H groups in total. The molecule has 0 unspecified atom stereocenters. The minimum atomic E-state index is -0.870. The fraction of sp³-hybridized carbons (Fsp3) is 0.636. The van der Waals surface area contributed by atoms with Crippen LogP contribution in [0.2, 0.25) is 0 Å². The SMILES string of the molecule is CCN(CC(C)(C)O)C(=O)c1cnc(C)s1. The van der Waals surface area contributed by atoms with Gasteiger partial charge in [0.15, 0.2) is 0 Å². The van der Waals surface area contributed by atoms with Crippen LogP contribution in [-0.2, 0) is 0 Å². The van der Waals surface area contributed by atoms with Gasteiger partial charge in [-0.15, -0.1) is 11.3 Å². The average molecular weight is 242 g/mol. The van der Waals surface area contributed by atoms with Crippen LogP contribution in [-0.4, -0.2) is 39.6 Å². The summed E-state index contributed by atoms with van der Waals surface area (Å²) in [4.78, 5) is 18.4. The number of aryl methyl sites for hydroxylation is 1. The van der Waals surface area contributed by atoms with Gasteiger partial charge in [-0.2, -0.15) is 0 Å². The topological polar surface area (TPSA) is 53.4 Å². The molecule has 0 radical (unpaired) electrons. The van der Waals surface area contributed by atoms with Gasteiger partial charge in [0.05, 0.1) is 16.8 Å². The van der Waals surface area contributed by atoms with E-state index in [1.54, 1.807) is 24.9 Å². The van der Waals surface area contributed by atoms with Crippen LogP contribution < -0.4 is 0 Å². The fourth-order valence-electron chi connectivity index (χ4n) is 1.41. The third-order valence-electron chi connectivity index (χ3n) is 2.08. The lowest BCUT2D eigenvalue weighted by molar-refractivity contribution is 0.0317. The van der Waals surface area contributed by atoms with Crippen molar-refractivity contribution in [1.29, 1.82) is 0 Å². The van der Waals surface area contributed by atoms with E-state index in [0.29, 0.717) is 18.0 Å². The molecule has 0 aliphatic heterocycles. The first-order valence-corrected chi connectivity index (χ1v) is 6.09. The molecule has 0 aliphatic rings. The molecule has 1 aromatic heterocycles. The molecule has 0 saturated carbocycles. The Balaban J connectivity index is 2.78. The minimum Gasteiger partial charge on any atom is -0.389 e. The summed E-state index contributed by atoms with van der Waals surface area (Å²) < 4.78 is 0. The van der Waals surface area contributed by atoms with Crippen molar-refractivity contribution in [2.75, 3.05) is 13.1 Å². The van der Waals surface area contributed by atoms with Crippen molar-refractivity contribution in [2.45, 2.75) is 33.3 Å². The molecule has 4 nitrogen and oxygen atoms in total. The van der Waals surface area contributed by atoms with Crippen molar-refractivity contribution in [2.24, 2.45) is 0 Å². The number of hydrogen-bond acceptors (Lipinski definition) is 4. The summed E-state index contributed by atoms with van der Waals surface area (Å²) in [5.41, 5.74) is -0.870. The van der Waals surface area contributed by atoms with E-state index >= 15 is 0 Å². The van der Waals surface area contributed by atoms with Crippen LogP contribution in [0.15, 0.2) is 6.20 Å².